The van der Waals surface area contributed by atoms with Gasteiger partial charge in [0, 0.05) is 5.39 Å². The summed E-state index contributed by atoms with van der Waals surface area (Å²) < 4.78 is 5.50. The van der Waals surface area contributed by atoms with Gasteiger partial charge in [-0.05, 0) is 13.0 Å². The van der Waals surface area contributed by atoms with E-state index >= 15 is 0 Å². The summed E-state index contributed by atoms with van der Waals surface area (Å²) in [6.45, 7) is 1.81. The molecule has 0 saturated carbocycles. The number of amides is 1. The second-order valence-corrected chi connectivity index (χ2v) is 3.31. The first-order chi connectivity index (χ1) is 7.72. The topological polar surface area (TPSA) is 54.6 Å². The van der Waals surface area contributed by atoms with Crippen molar-refractivity contribution in [3.8, 4) is 0 Å². The minimum atomic E-state index is 0.551. The van der Waals surface area contributed by atoms with Crippen LogP contribution in [0.3, 0.4) is 0 Å². The molecule has 0 aliphatic rings. The second kappa shape index (κ2) is 4.22. The van der Waals surface area contributed by atoms with Crippen molar-refractivity contribution in [2.75, 3.05) is 0 Å². The minimum Gasteiger partial charge on any atom is -0.459 e. The number of nitrogens with zero attached hydrogens (tertiary/aromatic N) is 1. The summed E-state index contributed by atoms with van der Waals surface area (Å²) in [6, 6.07) is 5.35. The number of hydrogen-bond donors (Lipinski definition) is 1. The number of aliphatic imine (C=N–C) groups is 1. The van der Waals surface area contributed by atoms with Crippen LogP contribution in [0.5, 0.6) is 0 Å². The summed E-state index contributed by atoms with van der Waals surface area (Å²) in [5.74, 6) is 0.685. The third kappa shape index (κ3) is 1.84. The molecule has 0 saturated heterocycles. The second-order valence-electron chi connectivity index (χ2n) is 3.31. The molecule has 78 valence electrons. The number of hydrogen-bond acceptors (Lipinski definition) is 3. The van der Waals surface area contributed by atoms with Gasteiger partial charge in [0.2, 0.25) is 6.41 Å². The van der Waals surface area contributed by atoms with Crippen LogP contribution in [0.2, 0.25) is 0 Å². The number of fused-ring (bicyclic) bond motifs is 1. The number of carbonyl (C=O) groups is 1. The highest BCUT2D eigenvalue weighted by atomic mass is 16.3. The molecule has 2 aromatic rings. The summed E-state index contributed by atoms with van der Waals surface area (Å²) in [6.07, 6.45) is 1.86. The van der Waals surface area contributed by atoms with Gasteiger partial charge in [0.05, 0.1) is 6.34 Å². The van der Waals surface area contributed by atoms with E-state index in [0.29, 0.717) is 23.3 Å². The molecular weight excluding hydrogens is 203 g/mol. The SMILES string of the molecule is [B]c1ccc2oc(C)c(N=CNC=O)c2c1. The van der Waals surface area contributed by atoms with Crippen molar-refractivity contribution in [2.45, 2.75) is 6.92 Å². The average molecular weight is 212 g/mol. The predicted molar refractivity (Wildman–Crippen MR) is 63.7 cm³/mol. The Morgan fingerprint density at radius 3 is 3.06 bits per heavy atom. The summed E-state index contributed by atoms with van der Waals surface area (Å²) in [5, 5.41) is 3.18. The zero-order valence-electron chi connectivity index (χ0n) is 8.73. The normalized spacial score (nSPS) is 11.1. The molecule has 16 heavy (non-hydrogen) atoms. The van der Waals surface area contributed by atoms with Crippen LogP contribution < -0.4 is 10.8 Å². The van der Waals surface area contributed by atoms with Crippen LogP contribution in [-0.4, -0.2) is 20.6 Å². The summed E-state index contributed by atoms with van der Waals surface area (Å²) >= 11 is 0. The molecular formula is C11H9BN2O2. The zero-order valence-corrected chi connectivity index (χ0v) is 8.73. The lowest BCUT2D eigenvalue weighted by Crippen LogP contribution is -2.05. The van der Waals surface area contributed by atoms with Gasteiger partial charge in [-0.25, -0.2) is 4.99 Å². The molecule has 0 atom stereocenters. The maximum absolute atomic E-state index is 10.1. The van der Waals surface area contributed by atoms with Gasteiger partial charge in [-0.1, -0.05) is 17.6 Å². The molecule has 1 aromatic carbocycles. The highest BCUT2D eigenvalue weighted by Gasteiger charge is 2.08. The fraction of sp³-hybridized carbons (Fsp3) is 0.0909. The van der Waals surface area contributed by atoms with E-state index in [1.165, 1.54) is 6.34 Å². The quantitative estimate of drug-likeness (QED) is 0.356. The van der Waals surface area contributed by atoms with Crippen LogP contribution in [0, 0.1) is 6.92 Å². The van der Waals surface area contributed by atoms with E-state index in [0.717, 1.165) is 11.0 Å². The average Bonchev–Trinajstić information content (AvgIpc) is 2.56. The number of benzene rings is 1. The number of carbonyl (C=O) groups excluding carboxylic acids is 1. The lowest BCUT2D eigenvalue weighted by Gasteiger charge is -1.93. The van der Waals surface area contributed by atoms with Gasteiger partial charge in [0.15, 0.2) is 0 Å². The van der Waals surface area contributed by atoms with Crippen LogP contribution in [0.4, 0.5) is 5.69 Å². The fourth-order valence-corrected chi connectivity index (χ4v) is 1.52. The van der Waals surface area contributed by atoms with Crippen molar-refractivity contribution >= 4 is 42.7 Å². The van der Waals surface area contributed by atoms with Crippen LogP contribution in [0.1, 0.15) is 5.76 Å². The molecule has 2 rings (SSSR count). The first-order valence-electron chi connectivity index (χ1n) is 4.73. The van der Waals surface area contributed by atoms with Crippen molar-refractivity contribution in [2.24, 2.45) is 4.99 Å². The van der Waals surface area contributed by atoms with Crippen LogP contribution in [0.25, 0.3) is 11.0 Å². The van der Waals surface area contributed by atoms with Gasteiger partial charge < -0.3 is 9.73 Å². The summed E-state index contributed by atoms with van der Waals surface area (Å²) in [4.78, 5) is 14.2. The lowest BCUT2D eigenvalue weighted by molar-refractivity contribution is -0.108. The molecule has 0 aliphatic heterocycles. The van der Waals surface area contributed by atoms with E-state index in [2.05, 4.69) is 10.3 Å². The molecule has 5 heteroatoms. The molecule has 0 bridgehead atoms. The molecule has 0 aliphatic carbocycles. The lowest BCUT2D eigenvalue weighted by atomic mass is 9.95. The molecule has 0 spiro atoms. The van der Waals surface area contributed by atoms with Gasteiger partial charge in [0.25, 0.3) is 0 Å². The van der Waals surface area contributed by atoms with Gasteiger partial charge >= 0.3 is 0 Å². The molecule has 2 radical (unpaired) electrons. The van der Waals surface area contributed by atoms with Crippen molar-refractivity contribution in [3.05, 3.63) is 24.0 Å². The summed E-state index contributed by atoms with van der Waals surface area (Å²) in [5.41, 5.74) is 2.05. The Labute approximate surface area is 93.8 Å². The molecule has 1 heterocycles. The largest absolute Gasteiger partial charge is 0.459 e. The van der Waals surface area contributed by atoms with Crippen LogP contribution >= 0.6 is 0 Å². The van der Waals surface area contributed by atoms with Crippen LogP contribution in [0.15, 0.2) is 27.6 Å². The Kier molecular flexibility index (Phi) is 2.77. The number of rotatable bonds is 3. The summed E-state index contributed by atoms with van der Waals surface area (Å²) in [7, 11) is 5.69. The minimum absolute atomic E-state index is 0.551. The van der Waals surface area contributed by atoms with Gasteiger partial charge in [-0.2, -0.15) is 0 Å². The van der Waals surface area contributed by atoms with Crippen molar-refractivity contribution < 1.29 is 9.21 Å². The Bertz CT molecular complexity index is 560. The Hall–Kier alpha value is -2.04. The monoisotopic (exact) mass is 212 g/mol. The molecule has 0 unspecified atom stereocenters. The third-order valence-corrected chi connectivity index (χ3v) is 2.19. The van der Waals surface area contributed by atoms with E-state index in [4.69, 9.17) is 12.3 Å². The Morgan fingerprint density at radius 1 is 1.50 bits per heavy atom. The maximum Gasteiger partial charge on any atom is 0.212 e. The first kappa shape index (κ1) is 10.5. The van der Waals surface area contributed by atoms with Crippen molar-refractivity contribution in [1.29, 1.82) is 0 Å². The van der Waals surface area contributed by atoms with Gasteiger partial charge in [-0.15, -0.1) is 0 Å². The zero-order chi connectivity index (χ0) is 11.5. The molecule has 0 fully saturated rings. The highest BCUT2D eigenvalue weighted by Crippen LogP contribution is 2.31. The molecule has 1 aromatic heterocycles. The number of nitrogens with one attached hydrogen (secondary N) is 1. The maximum atomic E-state index is 10.1. The highest BCUT2D eigenvalue weighted by molar-refractivity contribution is 6.33. The predicted octanol–water partition coefficient (Wildman–Crippen LogP) is 0.941. The Balaban J connectivity index is 2.53. The smallest absolute Gasteiger partial charge is 0.212 e. The van der Waals surface area contributed by atoms with E-state index in [1.54, 1.807) is 18.2 Å². The molecule has 1 amide bonds. The van der Waals surface area contributed by atoms with E-state index in [-0.39, 0.29) is 0 Å². The van der Waals surface area contributed by atoms with Crippen molar-refractivity contribution in [3.63, 3.8) is 0 Å². The number of aryl methyl sites for hydroxylation is 1. The van der Waals surface area contributed by atoms with Crippen LogP contribution in [-0.2, 0) is 4.79 Å². The Morgan fingerprint density at radius 2 is 2.31 bits per heavy atom. The molecule has 4 nitrogen and oxygen atoms in total. The fourth-order valence-electron chi connectivity index (χ4n) is 1.52. The van der Waals surface area contributed by atoms with E-state index in [1.807, 2.05) is 6.92 Å². The van der Waals surface area contributed by atoms with E-state index in [9.17, 15) is 4.79 Å². The standard InChI is InChI=1S/C11H9BN2O2/c1-7-11(14-5-13-6-15)9-4-8(12)2-3-10(9)16-7/h2-6H,1H3,(H,13,14,15). The number of furan rings is 1. The van der Waals surface area contributed by atoms with Crippen molar-refractivity contribution in [1.82, 2.24) is 5.32 Å². The van der Waals surface area contributed by atoms with Gasteiger partial charge in [0.1, 0.15) is 24.9 Å². The van der Waals surface area contributed by atoms with E-state index < -0.39 is 0 Å². The first-order valence-corrected chi connectivity index (χ1v) is 4.73. The third-order valence-electron chi connectivity index (χ3n) is 2.19. The van der Waals surface area contributed by atoms with Gasteiger partial charge in [-0.3, -0.25) is 4.79 Å². The molecule has 1 N–H and O–H groups in total.